The van der Waals surface area contributed by atoms with E-state index < -0.39 is 11.7 Å². The molecule has 1 aliphatic rings. The molecule has 0 aromatic heterocycles. The minimum absolute atomic E-state index is 0.242. The summed E-state index contributed by atoms with van der Waals surface area (Å²) in [5.74, 6) is -1.25. The molecule has 0 spiro atoms. The van der Waals surface area contributed by atoms with E-state index in [0.29, 0.717) is 12.2 Å². The Morgan fingerprint density at radius 3 is 2.38 bits per heavy atom. The fraction of sp³-hybridized carbons (Fsp3) is 0.136. The smallest absolute Gasteiger partial charge is 0.360 e. The topological polar surface area (TPSA) is 59.1 Å². The molecule has 0 saturated carbocycles. The molecule has 3 aromatic carbocycles. The summed E-state index contributed by atoms with van der Waals surface area (Å²) in [4.78, 5) is 17.7. The number of fused-ring (bicyclic) bond motifs is 1. The van der Waals surface area contributed by atoms with Gasteiger partial charge in [-0.25, -0.2) is 8.78 Å². The van der Waals surface area contributed by atoms with E-state index in [2.05, 4.69) is 20.0 Å². The van der Waals surface area contributed by atoms with Crippen molar-refractivity contribution in [3.8, 4) is 0 Å². The van der Waals surface area contributed by atoms with E-state index in [4.69, 9.17) is 0 Å². The fourth-order valence-corrected chi connectivity index (χ4v) is 3.26. The van der Waals surface area contributed by atoms with Gasteiger partial charge in [-0.15, -0.1) is 0 Å². The van der Waals surface area contributed by atoms with Crippen LogP contribution in [0.25, 0.3) is 0 Å². The number of hydrogen-bond acceptors (Lipinski definition) is 3. The zero-order chi connectivity index (χ0) is 20.2. The zero-order valence-corrected chi connectivity index (χ0v) is 15.4. The Balaban J connectivity index is 1.46. The normalized spacial score (nSPS) is 12.3. The Bertz CT molecular complexity index is 1100. The van der Waals surface area contributed by atoms with Crippen LogP contribution >= 0.6 is 0 Å². The van der Waals surface area contributed by atoms with Crippen LogP contribution in [0.15, 0.2) is 77.0 Å². The first-order chi connectivity index (χ1) is 14.1. The van der Waals surface area contributed by atoms with Crippen molar-refractivity contribution in [1.82, 2.24) is 4.91 Å². The molecular formula is C22H17F2N4O+. The molecule has 5 nitrogen and oxygen atoms in total. The molecule has 7 heteroatoms. The fourth-order valence-electron chi connectivity index (χ4n) is 3.26. The van der Waals surface area contributed by atoms with E-state index in [1.54, 1.807) is 12.1 Å². The van der Waals surface area contributed by atoms with Crippen LogP contribution < -0.4 is 9.81 Å². The largest absolute Gasteiger partial charge is 0.367 e. The summed E-state index contributed by atoms with van der Waals surface area (Å²) < 4.78 is 26.0. The first-order valence-electron chi connectivity index (χ1n) is 9.12. The molecule has 29 heavy (non-hydrogen) atoms. The number of amides is 1. The van der Waals surface area contributed by atoms with E-state index in [1.807, 2.05) is 18.2 Å². The Hall–Kier alpha value is -3.70. The van der Waals surface area contributed by atoms with Gasteiger partial charge in [-0.3, -0.25) is 4.79 Å². The third kappa shape index (κ3) is 4.42. The maximum absolute atomic E-state index is 13.1. The third-order valence-electron chi connectivity index (χ3n) is 4.73. The van der Waals surface area contributed by atoms with Crippen molar-refractivity contribution in [3.63, 3.8) is 0 Å². The predicted molar refractivity (Wildman–Crippen MR) is 105 cm³/mol. The quantitative estimate of drug-likeness (QED) is 0.466. The van der Waals surface area contributed by atoms with E-state index in [9.17, 15) is 13.6 Å². The van der Waals surface area contributed by atoms with Crippen LogP contribution in [0.3, 0.4) is 0 Å². The average Bonchev–Trinajstić information content (AvgIpc) is 3.12. The number of rotatable bonds is 4. The van der Waals surface area contributed by atoms with Crippen LogP contribution in [0.1, 0.15) is 21.5 Å². The second-order valence-electron chi connectivity index (χ2n) is 6.71. The standard InChI is InChI=1S/C22H17F2N4O/c23-18-5-1-15(2-6-18)14-28-12-11-17-13-20(9-10-21(17)28)25-27-26-22(29)16-3-7-19(24)8-4-16/h1-10,13H,11-12,14H2/q+1. The lowest BCUT2D eigenvalue weighted by Gasteiger charge is -2.19. The number of anilines is 1. The number of carbonyl (C=O) groups excluding carboxylic acids is 1. The van der Waals surface area contributed by atoms with E-state index in [1.165, 1.54) is 36.4 Å². The van der Waals surface area contributed by atoms with Gasteiger partial charge in [0.1, 0.15) is 11.6 Å². The molecule has 0 unspecified atom stereocenters. The van der Waals surface area contributed by atoms with Crippen LogP contribution in [-0.2, 0) is 13.0 Å². The number of hydrogen-bond donors (Lipinski definition) is 0. The Labute approximate surface area is 166 Å². The minimum atomic E-state index is -0.583. The lowest BCUT2D eigenvalue weighted by atomic mass is 10.1. The van der Waals surface area contributed by atoms with Crippen molar-refractivity contribution in [2.24, 2.45) is 10.2 Å². The highest BCUT2D eigenvalue weighted by molar-refractivity contribution is 5.94. The Morgan fingerprint density at radius 2 is 1.66 bits per heavy atom. The highest BCUT2D eigenvalue weighted by atomic mass is 19.1. The van der Waals surface area contributed by atoms with Crippen molar-refractivity contribution >= 4 is 17.3 Å². The molecule has 0 N–H and O–H groups in total. The second-order valence-corrected chi connectivity index (χ2v) is 6.71. The molecule has 0 bridgehead atoms. The SMILES string of the molecule is O=C(N=[N+]=Nc1ccc2c(c1)CCN2Cc1ccc(F)cc1)c1ccc(F)cc1. The molecule has 0 saturated heterocycles. The van der Waals surface area contributed by atoms with Gasteiger partial charge in [-0.05, 0) is 72.1 Å². The average molecular weight is 391 g/mol. The zero-order valence-electron chi connectivity index (χ0n) is 15.4. The summed E-state index contributed by atoms with van der Waals surface area (Å²) in [5, 5.41) is 7.54. The lowest BCUT2D eigenvalue weighted by Crippen LogP contribution is -2.19. The molecule has 4 rings (SSSR count). The summed E-state index contributed by atoms with van der Waals surface area (Å²) in [7, 11) is 0. The van der Waals surface area contributed by atoms with Gasteiger partial charge in [-0.2, -0.15) is 0 Å². The number of halogens is 2. The summed E-state index contributed by atoms with van der Waals surface area (Å²) in [6, 6.07) is 17.3. The predicted octanol–water partition coefficient (Wildman–Crippen LogP) is 4.97. The second kappa shape index (κ2) is 8.12. The van der Waals surface area contributed by atoms with Crippen molar-refractivity contribution < 1.29 is 13.6 Å². The van der Waals surface area contributed by atoms with Gasteiger partial charge >= 0.3 is 5.91 Å². The Kier molecular flexibility index (Phi) is 5.22. The van der Waals surface area contributed by atoms with Gasteiger partial charge in [0.25, 0.3) is 0 Å². The summed E-state index contributed by atoms with van der Waals surface area (Å²) in [6.07, 6.45) is 0.867. The maximum atomic E-state index is 13.1. The van der Waals surface area contributed by atoms with Crippen molar-refractivity contribution in [2.45, 2.75) is 13.0 Å². The van der Waals surface area contributed by atoms with Gasteiger partial charge in [0, 0.05) is 24.3 Å². The van der Waals surface area contributed by atoms with E-state index in [-0.39, 0.29) is 11.4 Å². The highest BCUT2D eigenvalue weighted by Gasteiger charge is 2.20. The lowest BCUT2D eigenvalue weighted by molar-refractivity contribution is 0.0992. The first-order valence-corrected chi connectivity index (χ1v) is 9.12. The molecule has 0 radical (unpaired) electrons. The van der Waals surface area contributed by atoms with E-state index in [0.717, 1.165) is 29.8 Å². The molecule has 144 valence electrons. The summed E-state index contributed by atoms with van der Waals surface area (Å²) >= 11 is 0. The third-order valence-corrected chi connectivity index (χ3v) is 4.73. The number of nitrogens with zero attached hydrogens (tertiary/aromatic N) is 4. The molecule has 1 amide bonds. The molecule has 0 aliphatic carbocycles. The van der Waals surface area contributed by atoms with Gasteiger partial charge in [-0.1, -0.05) is 12.1 Å². The Morgan fingerprint density at radius 1 is 0.966 bits per heavy atom. The summed E-state index contributed by atoms with van der Waals surface area (Å²) in [6.45, 7) is 1.57. The number of benzene rings is 3. The number of carbonyl (C=O) groups is 1. The van der Waals surface area contributed by atoms with E-state index >= 15 is 0 Å². The van der Waals surface area contributed by atoms with Gasteiger partial charge in [0.2, 0.25) is 10.0 Å². The molecule has 1 heterocycles. The maximum Gasteiger partial charge on any atom is 0.360 e. The van der Waals surface area contributed by atoms with Crippen molar-refractivity contribution in [1.29, 1.82) is 0 Å². The molecule has 0 atom stereocenters. The van der Waals surface area contributed by atoms with Gasteiger partial charge in [0.15, 0.2) is 10.8 Å². The van der Waals surface area contributed by atoms with Crippen LogP contribution in [0, 0.1) is 11.6 Å². The van der Waals surface area contributed by atoms with Crippen molar-refractivity contribution in [3.05, 3.63) is 95.1 Å². The first kappa shape index (κ1) is 18.7. The van der Waals surface area contributed by atoms with Crippen LogP contribution in [0.5, 0.6) is 0 Å². The van der Waals surface area contributed by atoms with Crippen molar-refractivity contribution in [2.75, 3.05) is 11.4 Å². The van der Waals surface area contributed by atoms with Crippen LogP contribution in [0.4, 0.5) is 20.2 Å². The minimum Gasteiger partial charge on any atom is -0.367 e. The molecular weight excluding hydrogens is 374 g/mol. The summed E-state index contributed by atoms with van der Waals surface area (Å²) in [5.41, 5.74) is 4.13. The van der Waals surface area contributed by atoms with Crippen LogP contribution in [-0.4, -0.2) is 12.5 Å². The van der Waals surface area contributed by atoms with Crippen LogP contribution in [0.2, 0.25) is 0 Å². The molecule has 3 aromatic rings. The monoisotopic (exact) mass is 391 g/mol. The molecule has 1 aliphatic heterocycles. The molecule has 0 fully saturated rings. The van der Waals surface area contributed by atoms with Gasteiger partial charge in [0.05, 0.1) is 0 Å². The van der Waals surface area contributed by atoms with Gasteiger partial charge < -0.3 is 4.90 Å². The highest BCUT2D eigenvalue weighted by Crippen LogP contribution is 2.32.